The van der Waals surface area contributed by atoms with E-state index in [1.807, 2.05) is 0 Å². The van der Waals surface area contributed by atoms with Gasteiger partial charge in [0.15, 0.2) is 6.29 Å². The number of ether oxygens (including phenoxy) is 1. The lowest BCUT2D eigenvalue weighted by atomic mass is 9.93. The number of rotatable bonds is 5. The molecule has 0 amide bonds. The second kappa shape index (κ2) is 6.83. The van der Waals surface area contributed by atoms with Crippen molar-refractivity contribution < 1.29 is 9.84 Å². The molecule has 1 unspecified atom stereocenters. The van der Waals surface area contributed by atoms with Crippen molar-refractivity contribution in [3.8, 4) is 0 Å². The Morgan fingerprint density at radius 2 is 1.58 bits per heavy atom. The highest BCUT2D eigenvalue weighted by atomic mass is 16.6. The van der Waals surface area contributed by atoms with Gasteiger partial charge in [-0.15, -0.1) is 0 Å². The van der Waals surface area contributed by atoms with Gasteiger partial charge in [-0.2, -0.15) is 0 Å². The highest BCUT2D eigenvalue weighted by Gasteiger charge is 2.15. The minimum atomic E-state index is -0.944. The molecule has 1 aromatic rings. The summed E-state index contributed by atoms with van der Waals surface area (Å²) in [6.07, 6.45) is -0.944. The average Bonchev–Trinajstić information content (AvgIpc) is 2.37. The molecule has 0 spiro atoms. The number of nitrogens with zero attached hydrogens (tertiary/aromatic N) is 1. The lowest BCUT2D eigenvalue weighted by Gasteiger charge is -2.18. The van der Waals surface area contributed by atoms with Gasteiger partial charge in [-0.25, -0.2) is 0 Å². The quantitative estimate of drug-likeness (QED) is 0.644. The first kappa shape index (κ1) is 15.9. The summed E-state index contributed by atoms with van der Waals surface area (Å²) in [6.45, 7) is 10.4. The molecule has 3 nitrogen and oxygen atoms in total. The average molecular weight is 263 g/mol. The van der Waals surface area contributed by atoms with Crippen molar-refractivity contribution in [1.29, 1.82) is 0 Å². The Morgan fingerprint density at radius 3 is 1.95 bits per heavy atom. The third kappa shape index (κ3) is 3.88. The molecule has 106 valence electrons. The van der Waals surface area contributed by atoms with Crippen LogP contribution in [0.1, 0.15) is 57.6 Å². The Bertz CT molecular complexity index is 424. The van der Waals surface area contributed by atoms with Crippen LogP contribution in [-0.2, 0) is 4.74 Å². The summed E-state index contributed by atoms with van der Waals surface area (Å²) in [5.74, 6) is 0.787. The van der Waals surface area contributed by atoms with E-state index in [2.05, 4.69) is 50.9 Å². The molecule has 0 saturated carbocycles. The normalized spacial score (nSPS) is 14.3. The summed E-state index contributed by atoms with van der Waals surface area (Å²) >= 11 is 0. The molecule has 0 aliphatic carbocycles. The molecule has 1 aromatic carbocycles. The Labute approximate surface area is 116 Å². The molecular formula is C16H25NO2. The van der Waals surface area contributed by atoms with E-state index in [0.29, 0.717) is 17.5 Å². The molecule has 1 N–H and O–H groups in total. The van der Waals surface area contributed by atoms with Gasteiger partial charge in [-0.3, -0.25) is 4.99 Å². The van der Waals surface area contributed by atoms with E-state index in [1.54, 1.807) is 6.92 Å². The van der Waals surface area contributed by atoms with E-state index in [0.717, 1.165) is 5.69 Å². The highest BCUT2D eigenvalue weighted by Crippen LogP contribution is 2.34. The van der Waals surface area contributed by atoms with Crippen molar-refractivity contribution >= 4 is 11.4 Å². The SMILES string of the molecule is COC(O)C(C)=Nc1c(C(C)C)cccc1C(C)C. The van der Waals surface area contributed by atoms with Crippen molar-refractivity contribution in [2.75, 3.05) is 7.11 Å². The van der Waals surface area contributed by atoms with E-state index in [9.17, 15) is 5.11 Å². The van der Waals surface area contributed by atoms with Gasteiger partial charge in [0.25, 0.3) is 0 Å². The summed E-state index contributed by atoms with van der Waals surface area (Å²) < 4.78 is 4.91. The van der Waals surface area contributed by atoms with Gasteiger partial charge in [0, 0.05) is 7.11 Å². The van der Waals surface area contributed by atoms with Crippen LogP contribution in [-0.4, -0.2) is 24.2 Å². The molecule has 19 heavy (non-hydrogen) atoms. The lowest BCUT2D eigenvalue weighted by Crippen LogP contribution is -2.19. The monoisotopic (exact) mass is 263 g/mol. The second-order valence-corrected chi connectivity index (χ2v) is 5.44. The van der Waals surface area contributed by atoms with E-state index < -0.39 is 6.29 Å². The number of hydrogen-bond donors (Lipinski definition) is 1. The molecule has 0 aliphatic heterocycles. The van der Waals surface area contributed by atoms with Crippen LogP contribution in [0.2, 0.25) is 0 Å². The summed E-state index contributed by atoms with van der Waals surface area (Å²) in [5.41, 5.74) is 3.96. The van der Waals surface area contributed by atoms with Crippen LogP contribution in [0.25, 0.3) is 0 Å². The van der Waals surface area contributed by atoms with Crippen LogP contribution in [0.5, 0.6) is 0 Å². The third-order valence-corrected chi connectivity index (χ3v) is 3.21. The molecule has 0 aliphatic rings. The van der Waals surface area contributed by atoms with Gasteiger partial charge < -0.3 is 9.84 Å². The minimum Gasteiger partial charge on any atom is -0.363 e. The number of methoxy groups -OCH3 is 1. The predicted octanol–water partition coefficient (Wildman–Crippen LogP) is 3.99. The summed E-state index contributed by atoms with van der Waals surface area (Å²) in [4.78, 5) is 4.61. The molecule has 0 radical (unpaired) electrons. The van der Waals surface area contributed by atoms with Crippen molar-refractivity contribution in [2.24, 2.45) is 4.99 Å². The van der Waals surface area contributed by atoms with Gasteiger partial charge in [-0.1, -0.05) is 45.9 Å². The molecule has 3 heteroatoms. The largest absolute Gasteiger partial charge is 0.363 e. The molecular weight excluding hydrogens is 238 g/mol. The summed E-state index contributed by atoms with van der Waals surface area (Å²) in [5, 5.41) is 9.69. The van der Waals surface area contributed by atoms with Crippen LogP contribution in [0, 0.1) is 0 Å². The third-order valence-electron chi connectivity index (χ3n) is 3.21. The number of hydrogen-bond acceptors (Lipinski definition) is 3. The van der Waals surface area contributed by atoms with Crippen LogP contribution in [0.3, 0.4) is 0 Å². The summed E-state index contributed by atoms with van der Waals surface area (Å²) in [7, 11) is 1.47. The number of para-hydroxylation sites is 1. The minimum absolute atomic E-state index is 0.393. The number of benzene rings is 1. The van der Waals surface area contributed by atoms with E-state index in [1.165, 1.54) is 18.2 Å². The van der Waals surface area contributed by atoms with Gasteiger partial charge in [0.2, 0.25) is 0 Å². The summed E-state index contributed by atoms with van der Waals surface area (Å²) in [6, 6.07) is 6.27. The molecule has 1 rings (SSSR count). The zero-order valence-electron chi connectivity index (χ0n) is 12.8. The fourth-order valence-electron chi connectivity index (χ4n) is 2.04. The van der Waals surface area contributed by atoms with Crippen molar-refractivity contribution in [2.45, 2.75) is 52.7 Å². The van der Waals surface area contributed by atoms with Crippen molar-refractivity contribution in [1.82, 2.24) is 0 Å². The fraction of sp³-hybridized carbons (Fsp3) is 0.562. The lowest BCUT2D eigenvalue weighted by molar-refractivity contribution is -0.0203. The maximum Gasteiger partial charge on any atom is 0.194 e. The molecule has 0 fully saturated rings. The second-order valence-electron chi connectivity index (χ2n) is 5.44. The van der Waals surface area contributed by atoms with E-state index >= 15 is 0 Å². The van der Waals surface area contributed by atoms with E-state index in [-0.39, 0.29) is 0 Å². The maximum absolute atomic E-state index is 9.69. The Hall–Kier alpha value is -1.19. The fourth-order valence-corrected chi connectivity index (χ4v) is 2.04. The van der Waals surface area contributed by atoms with Crippen LogP contribution < -0.4 is 0 Å². The first-order valence-electron chi connectivity index (χ1n) is 6.77. The molecule has 0 bridgehead atoms. The van der Waals surface area contributed by atoms with Gasteiger partial charge in [0.05, 0.1) is 11.4 Å². The first-order valence-corrected chi connectivity index (χ1v) is 6.77. The highest BCUT2D eigenvalue weighted by molar-refractivity contribution is 5.88. The number of aliphatic hydroxyl groups is 1. The number of aliphatic hydroxyl groups excluding tert-OH is 1. The standard InChI is InChI=1S/C16H25NO2/c1-10(2)13-8-7-9-14(11(3)4)15(13)17-12(5)16(18)19-6/h7-11,16,18H,1-6H3. The van der Waals surface area contributed by atoms with E-state index in [4.69, 9.17) is 4.74 Å². The van der Waals surface area contributed by atoms with Crippen molar-refractivity contribution in [3.63, 3.8) is 0 Å². The van der Waals surface area contributed by atoms with Crippen LogP contribution in [0.4, 0.5) is 5.69 Å². The van der Waals surface area contributed by atoms with Gasteiger partial charge in [0.1, 0.15) is 0 Å². The van der Waals surface area contributed by atoms with Crippen LogP contribution in [0.15, 0.2) is 23.2 Å². The van der Waals surface area contributed by atoms with Gasteiger partial charge >= 0.3 is 0 Å². The molecule has 0 aromatic heterocycles. The van der Waals surface area contributed by atoms with Gasteiger partial charge in [-0.05, 0) is 29.9 Å². The molecule has 0 saturated heterocycles. The topological polar surface area (TPSA) is 41.8 Å². The molecule has 1 atom stereocenters. The zero-order valence-corrected chi connectivity index (χ0v) is 12.8. The smallest absolute Gasteiger partial charge is 0.194 e. The zero-order chi connectivity index (χ0) is 14.6. The Morgan fingerprint density at radius 1 is 1.11 bits per heavy atom. The van der Waals surface area contributed by atoms with Crippen LogP contribution >= 0.6 is 0 Å². The Balaban J connectivity index is 3.37. The molecule has 0 heterocycles. The first-order chi connectivity index (χ1) is 8.88. The Kier molecular flexibility index (Phi) is 5.70. The van der Waals surface area contributed by atoms with Crippen molar-refractivity contribution in [3.05, 3.63) is 29.3 Å². The number of aliphatic imine (C=N–C) groups is 1. The maximum atomic E-state index is 9.69. The predicted molar refractivity (Wildman–Crippen MR) is 80.4 cm³/mol.